The average Bonchev–Trinajstić information content (AvgIpc) is 3.32. The van der Waals surface area contributed by atoms with Crippen molar-refractivity contribution in [3.63, 3.8) is 0 Å². The first kappa shape index (κ1) is 36.4. The van der Waals surface area contributed by atoms with Crippen molar-refractivity contribution in [3.05, 3.63) is 51.6 Å². The van der Waals surface area contributed by atoms with Gasteiger partial charge in [0.1, 0.15) is 23.2 Å². The molecule has 49 heavy (non-hydrogen) atoms. The number of unbranched alkanes of at least 4 members (excludes halogenated alkanes) is 1. The third-order valence-corrected chi connectivity index (χ3v) is 11.7. The van der Waals surface area contributed by atoms with E-state index < -0.39 is 52.8 Å². The van der Waals surface area contributed by atoms with E-state index in [0.717, 1.165) is 5.57 Å². The lowest BCUT2D eigenvalue weighted by molar-refractivity contribution is -0.757. The number of nitrogens with zero attached hydrogens (tertiary/aromatic N) is 1. The summed E-state index contributed by atoms with van der Waals surface area (Å²) in [5.41, 5.74) is 4.72. The lowest BCUT2D eigenvalue weighted by Crippen LogP contribution is -2.61. The maximum Gasteiger partial charge on any atom is 0.514 e. The Balaban J connectivity index is 1.10. The molecule has 0 bridgehead atoms. The van der Waals surface area contributed by atoms with Gasteiger partial charge in [-0.2, -0.15) is 0 Å². The molecule has 14 heteroatoms. The molecule has 5 rings (SSSR count). The average molecular weight is 687 g/mol. The van der Waals surface area contributed by atoms with Gasteiger partial charge in [0, 0.05) is 18.3 Å². The number of aliphatic hydroxyl groups excluding tert-OH is 1. The zero-order valence-corrected chi connectivity index (χ0v) is 28.0. The van der Waals surface area contributed by atoms with Gasteiger partial charge in [-0.3, -0.25) is 14.4 Å². The van der Waals surface area contributed by atoms with Gasteiger partial charge in [-0.1, -0.05) is 37.6 Å². The predicted molar refractivity (Wildman–Crippen MR) is 171 cm³/mol. The Kier molecular flexibility index (Phi) is 10.8. The number of ketones is 2. The molecule has 8 atom stereocenters. The molecule has 1 aromatic rings. The summed E-state index contributed by atoms with van der Waals surface area (Å²) in [7, 11) is 0. The lowest BCUT2D eigenvalue weighted by Gasteiger charge is -2.59. The molecule has 14 nitrogen and oxygen atoms in total. The van der Waals surface area contributed by atoms with E-state index in [0.29, 0.717) is 50.5 Å². The third-order valence-electron chi connectivity index (χ3n) is 11.7. The summed E-state index contributed by atoms with van der Waals surface area (Å²) in [5, 5.41) is 32.7. The van der Waals surface area contributed by atoms with Crippen LogP contribution in [0, 0.1) is 38.7 Å². The Labute approximate surface area is 284 Å². The molecule has 0 amide bonds. The van der Waals surface area contributed by atoms with Crippen LogP contribution >= 0.6 is 0 Å². The minimum Gasteiger partial charge on any atom is -0.465 e. The highest BCUT2D eigenvalue weighted by Crippen LogP contribution is 2.67. The number of carbonyl (C=O) groups is 4. The van der Waals surface area contributed by atoms with E-state index in [1.165, 1.54) is 12.1 Å². The van der Waals surface area contributed by atoms with E-state index in [4.69, 9.17) is 19.9 Å². The van der Waals surface area contributed by atoms with Gasteiger partial charge in [-0.05, 0) is 92.2 Å². The van der Waals surface area contributed by atoms with Crippen molar-refractivity contribution < 1.29 is 53.5 Å². The minimum absolute atomic E-state index is 0.0229. The summed E-state index contributed by atoms with van der Waals surface area (Å²) in [5.74, 6) is -0.931. The highest BCUT2D eigenvalue weighted by molar-refractivity contribution is 5.91. The molecule has 0 heterocycles. The number of benzene rings is 1. The number of aliphatic hydroxyl groups is 2. The van der Waals surface area contributed by atoms with Crippen LogP contribution in [0.25, 0.3) is 0 Å². The second kappa shape index (κ2) is 14.5. The number of ether oxygens (including phenoxy) is 3. The van der Waals surface area contributed by atoms with Crippen molar-refractivity contribution in [2.24, 2.45) is 34.3 Å². The number of esters is 1. The maximum atomic E-state index is 13.5. The largest absolute Gasteiger partial charge is 0.514 e. The Bertz CT molecular complexity index is 1480. The fourth-order valence-electron chi connectivity index (χ4n) is 9.10. The van der Waals surface area contributed by atoms with Gasteiger partial charge in [0.05, 0.1) is 19.3 Å². The van der Waals surface area contributed by atoms with E-state index >= 15 is 0 Å². The van der Waals surface area contributed by atoms with Crippen LogP contribution in [0.2, 0.25) is 0 Å². The molecule has 0 radical (unpaired) electrons. The summed E-state index contributed by atoms with van der Waals surface area (Å²) in [6, 6.07) is 5.22. The predicted octanol–water partition coefficient (Wildman–Crippen LogP) is 3.41. The molecule has 4 aliphatic rings. The summed E-state index contributed by atoms with van der Waals surface area (Å²) < 4.78 is 15.5. The number of Topliss-reactive ketones (excluding diaryl/α,β-unsaturated/α-hetero) is 2. The van der Waals surface area contributed by atoms with Crippen molar-refractivity contribution in [2.45, 2.75) is 95.8 Å². The first-order chi connectivity index (χ1) is 23.2. The quantitative estimate of drug-likeness (QED) is 0.0678. The summed E-state index contributed by atoms with van der Waals surface area (Å²) in [6.45, 7) is 3.27. The first-order valence-corrected chi connectivity index (χ1v) is 17.0. The minimum atomic E-state index is -1.79. The standard InChI is InChI=1S/C35H46N2O12/c1-33-13-11-23(38)18-22(33)7-10-25-26-12-14-35(43,34(26,2)19-28(39)30(25)33)29(40)20-47-32(42)49-24-8-5-21(6-9-24)17-27(36)31(41)46-15-3-4-16-48-37(44)45/h5-9,25-28,30,39,43H,3-4,10-20,36H2,1-2H3/t25-,26-,27-,28-,30+,33-,34-,35-/m0/s1. The number of hydrogen-bond acceptors (Lipinski definition) is 13. The normalized spacial score (nSPS) is 32.4. The second-order valence-electron chi connectivity index (χ2n) is 14.4. The SMILES string of the molecule is C[C@]12CCC(=O)CC1=CC[C@@H]1[C@@H]2[C@@H](O)C[C@@]2(C)[C@H]1CC[C@]2(O)C(=O)COC(=O)Oc1ccc(C[C@H](N)C(=O)OCCCCO[N+](=O)[O-])cc1. The Morgan fingerprint density at radius 2 is 1.82 bits per heavy atom. The molecular weight excluding hydrogens is 640 g/mol. The molecule has 1 aromatic carbocycles. The highest BCUT2D eigenvalue weighted by Gasteiger charge is 2.68. The van der Waals surface area contributed by atoms with Gasteiger partial charge in [0.2, 0.25) is 5.78 Å². The molecule has 0 saturated heterocycles. The van der Waals surface area contributed by atoms with Crippen LogP contribution in [-0.2, 0) is 35.1 Å². The van der Waals surface area contributed by atoms with Gasteiger partial charge < -0.3 is 35.0 Å². The van der Waals surface area contributed by atoms with E-state index in [-0.39, 0.29) is 67.2 Å². The number of fused-ring (bicyclic) bond motifs is 5. The van der Waals surface area contributed by atoms with Gasteiger partial charge in [0.15, 0.2) is 6.61 Å². The van der Waals surface area contributed by atoms with Crippen LogP contribution in [0.1, 0.15) is 77.2 Å². The topological polar surface area (TPSA) is 215 Å². The van der Waals surface area contributed by atoms with Crippen molar-refractivity contribution in [1.29, 1.82) is 0 Å². The maximum absolute atomic E-state index is 13.5. The van der Waals surface area contributed by atoms with Crippen LogP contribution < -0.4 is 10.5 Å². The van der Waals surface area contributed by atoms with E-state index in [1.54, 1.807) is 12.1 Å². The van der Waals surface area contributed by atoms with Gasteiger partial charge in [0.25, 0.3) is 5.09 Å². The van der Waals surface area contributed by atoms with Crippen molar-refractivity contribution in [1.82, 2.24) is 0 Å². The molecule has 3 fully saturated rings. The molecule has 0 unspecified atom stereocenters. The molecule has 3 saturated carbocycles. The summed E-state index contributed by atoms with van der Waals surface area (Å²) >= 11 is 0. The van der Waals surface area contributed by atoms with Gasteiger partial charge >= 0.3 is 12.1 Å². The molecule has 268 valence electrons. The number of nitrogens with two attached hydrogens (primary N) is 1. The second-order valence-corrected chi connectivity index (χ2v) is 14.4. The smallest absolute Gasteiger partial charge is 0.465 e. The molecular formula is C35H46N2O12. The number of hydrogen-bond donors (Lipinski definition) is 3. The van der Waals surface area contributed by atoms with Crippen LogP contribution in [0.5, 0.6) is 5.75 Å². The lowest BCUT2D eigenvalue weighted by atomic mass is 9.46. The van der Waals surface area contributed by atoms with E-state index in [9.17, 15) is 39.5 Å². The van der Waals surface area contributed by atoms with Crippen molar-refractivity contribution >= 4 is 23.7 Å². The van der Waals surface area contributed by atoms with Gasteiger partial charge in [-0.25, -0.2) is 4.79 Å². The fourth-order valence-corrected chi connectivity index (χ4v) is 9.10. The Morgan fingerprint density at radius 3 is 2.53 bits per heavy atom. The molecule has 0 aliphatic heterocycles. The zero-order chi connectivity index (χ0) is 35.6. The van der Waals surface area contributed by atoms with E-state index in [2.05, 4.69) is 17.8 Å². The number of allylic oxidation sites excluding steroid dienone is 2. The summed E-state index contributed by atoms with van der Waals surface area (Å²) in [4.78, 5) is 64.7. The summed E-state index contributed by atoms with van der Waals surface area (Å²) in [6.07, 6.45) is 4.47. The number of carbonyl (C=O) groups excluding carboxylic acids is 4. The van der Waals surface area contributed by atoms with Crippen LogP contribution in [0.15, 0.2) is 35.9 Å². The Hall–Kier alpha value is -3.88. The molecule has 4 aliphatic carbocycles. The number of rotatable bonds is 13. The van der Waals surface area contributed by atoms with Crippen molar-refractivity contribution in [2.75, 3.05) is 19.8 Å². The zero-order valence-electron chi connectivity index (χ0n) is 28.0. The molecule has 4 N–H and O–H groups in total. The van der Waals surface area contributed by atoms with Crippen LogP contribution in [0.3, 0.4) is 0 Å². The van der Waals surface area contributed by atoms with E-state index in [1.807, 2.05) is 6.92 Å². The fraction of sp³-hybridized carbons (Fsp3) is 0.657. The van der Waals surface area contributed by atoms with Crippen molar-refractivity contribution in [3.8, 4) is 5.75 Å². The highest BCUT2D eigenvalue weighted by atomic mass is 16.9. The van der Waals surface area contributed by atoms with Gasteiger partial charge in [-0.15, -0.1) is 10.1 Å². The molecule has 0 spiro atoms. The monoisotopic (exact) mass is 686 g/mol. The molecule has 0 aromatic heterocycles. The first-order valence-electron chi connectivity index (χ1n) is 17.0. The van der Waals surface area contributed by atoms with Crippen LogP contribution in [-0.4, -0.2) is 76.6 Å². The Morgan fingerprint density at radius 1 is 1.10 bits per heavy atom. The third kappa shape index (κ3) is 7.36. The van der Waals surface area contributed by atoms with Crippen LogP contribution in [0.4, 0.5) is 4.79 Å².